The van der Waals surface area contributed by atoms with Gasteiger partial charge >= 0.3 is 11.9 Å². The Morgan fingerprint density at radius 2 is 1.04 bits per heavy atom. The molecule has 0 aliphatic heterocycles. The third-order valence-corrected chi connectivity index (χ3v) is 5.43. The van der Waals surface area contributed by atoms with Crippen molar-refractivity contribution in [3.05, 3.63) is 0 Å². The van der Waals surface area contributed by atoms with E-state index in [1.165, 1.54) is 0 Å². The quantitative estimate of drug-likeness (QED) is 0.267. The summed E-state index contributed by atoms with van der Waals surface area (Å²) in [6, 6.07) is -2.09. The molecule has 0 aromatic heterocycles. The molecule has 0 saturated carbocycles. The number of nitrogens with one attached hydrogen (secondary N) is 2. The van der Waals surface area contributed by atoms with E-state index in [1.807, 2.05) is 27.7 Å². The second-order valence-electron chi connectivity index (χ2n) is 6.68. The minimum absolute atomic E-state index is 0.0934. The van der Waals surface area contributed by atoms with E-state index in [-0.39, 0.29) is 48.0 Å². The SMILES string of the molecule is CC(C)CC(=O)N[C@@H](CSSC[C@@H](NC(=O)CC(C)C)C(=O)O)C(=O)O. The lowest BCUT2D eigenvalue weighted by Gasteiger charge is -2.17. The number of carboxylic acid groups (broad SMARTS) is 2. The molecule has 0 aromatic rings. The molecular weight excluding hydrogens is 380 g/mol. The van der Waals surface area contributed by atoms with Crippen molar-refractivity contribution >= 4 is 45.3 Å². The van der Waals surface area contributed by atoms with Crippen LogP contribution in [-0.4, -0.2) is 57.6 Å². The fourth-order valence-corrected chi connectivity index (χ4v) is 4.14. The van der Waals surface area contributed by atoms with Gasteiger partial charge in [-0.1, -0.05) is 49.3 Å². The van der Waals surface area contributed by atoms with Crippen LogP contribution in [0, 0.1) is 11.8 Å². The first-order valence-electron chi connectivity index (χ1n) is 8.31. The maximum Gasteiger partial charge on any atom is 0.327 e. The fraction of sp³-hybridized carbons (Fsp3) is 0.750. The van der Waals surface area contributed by atoms with Gasteiger partial charge in [-0.15, -0.1) is 0 Å². The number of carbonyl (C=O) groups excluding carboxylic acids is 2. The molecule has 0 saturated heterocycles. The van der Waals surface area contributed by atoms with Crippen LogP contribution in [0.15, 0.2) is 0 Å². The molecule has 2 amide bonds. The lowest BCUT2D eigenvalue weighted by Crippen LogP contribution is -2.43. The first-order chi connectivity index (χ1) is 12.0. The Morgan fingerprint density at radius 1 is 0.731 bits per heavy atom. The van der Waals surface area contributed by atoms with Crippen molar-refractivity contribution < 1.29 is 29.4 Å². The summed E-state index contributed by atoms with van der Waals surface area (Å²) in [4.78, 5) is 45.8. The molecule has 8 nitrogen and oxygen atoms in total. The minimum Gasteiger partial charge on any atom is -0.480 e. The number of hydrogen-bond donors (Lipinski definition) is 4. The highest BCUT2D eigenvalue weighted by atomic mass is 33.1. The summed E-state index contributed by atoms with van der Waals surface area (Å²) in [5, 5.41) is 23.2. The van der Waals surface area contributed by atoms with Gasteiger partial charge in [0.25, 0.3) is 0 Å². The Hall–Kier alpha value is -1.42. The molecule has 150 valence electrons. The monoisotopic (exact) mass is 408 g/mol. The van der Waals surface area contributed by atoms with E-state index >= 15 is 0 Å². The summed E-state index contributed by atoms with van der Waals surface area (Å²) in [5.74, 6) is -2.52. The zero-order valence-electron chi connectivity index (χ0n) is 15.5. The van der Waals surface area contributed by atoms with Crippen molar-refractivity contribution in [3.63, 3.8) is 0 Å². The highest BCUT2D eigenvalue weighted by Gasteiger charge is 2.23. The van der Waals surface area contributed by atoms with Crippen molar-refractivity contribution in [2.45, 2.75) is 52.6 Å². The summed E-state index contributed by atoms with van der Waals surface area (Å²) in [5.41, 5.74) is 0. The highest BCUT2D eigenvalue weighted by molar-refractivity contribution is 8.76. The van der Waals surface area contributed by atoms with Gasteiger partial charge in [0.05, 0.1) is 0 Å². The van der Waals surface area contributed by atoms with Crippen LogP contribution in [0.1, 0.15) is 40.5 Å². The molecule has 0 unspecified atom stereocenters. The molecule has 2 atom stereocenters. The number of rotatable bonds is 13. The first-order valence-corrected chi connectivity index (χ1v) is 10.8. The van der Waals surface area contributed by atoms with Crippen molar-refractivity contribution in [1.29, 1.82) is 0 Å². The van der Waals surface area contributed by atoms with Crippen molar-refractivity contribution in [2.75, 3.05) is 11.5 Å². The smallest absolute Gasteiger partial charge is 0.327 e. The maximum atomic E-state index is 11.7. The second kappa shape index (κ2) is 12.9. The molecule has 0 radical (unpaired) electrons. The van der Waals surface area contributed by atoms with Gasteiger partial charge in [-0.2, -0.15) is 0 Å². The molecule has 0 bridgehead atoms. The zero-order valence-corrected chi connectivity index (χ0v) is 17.1. The fourth-order valence-electron chi connectivity index (χ4n) is 1.83. The van der Waals surface area contributed by atoms with Crippen LogP contribution < -0.4 is 10.6 Å². The zero-order chi connectivity index (χ0) is 20.3. The lowest BCUT2D eigenvalue weighted by atomic mass is 10.1. The van der Waals surface area contributed by atoms with Crippen LogP contribution >= 0.6 is 21.6 Å². The van der Waals surface area contributed by atoms with Gasteiger partial charge in [0.2, 0.25) is 11.8 Å². The molecule has 0 aliphatic carbocycles. The Labute approximate surface area is 161 Å². The summed E-state index contributed by atoms with van der Waals surface area (Å²) in [6.45, 7) is 7.44. The highest BCUT2D eigenvalue weighted by Crippen LogP contribution is 2.23. The van der Waals surface area contributed by atoms with E-state index in [0.717, 1.165) is 21.6 Å². The molecular formula is C16H28N2O6S2. The number of carboxylic acids is 2. The van der Waals surface area contributed by atoms with Gasteiger partial charge < -0.3 is 20.8 Å². The van der Waals surface area contributed by atoms with Gasteiger partial charge in [-0.05, 0) is 11.8 Å². The number of hydrogen-bond acceptors (Lipinski definition) is 6. The van der Waals surface area contributed by atoms with Crippen LogP contribution in [0.25, 0.3) is 0 Å². The van der Waals surface area contributed by atoms with Crippen LogP contribution in [0.2, 0.25) is 0 Å². The average molecular weight is 409 g/mol. The van der Waals surface area contributed by atoms with Gasteiger partial charge in [0, 0.05) is 24.3 Å². The molecule has 0 fully saturated rings. The van der Waals surface area contributed by atoms with E-state index < -0.39 is 24.0 Å². The normalized spacial score (nSPS) is 13.3. The van der Waals surface area contributed by atoms with Crippen molar-refractivity contribution in [3.8, 4) is 0 Å². The van der Waals surface area contributed by atoms with Crippen LogP contribution in [-0.2, 0) is 19.2 Å². The van der Waals surface area contributed by atoms with Gasteiger partial charge in [0.15, 0.2) is 0 Å². The Bertz CT molecular complexity index is 455. The third kappa shape index (κ3) is 12.0. The first kappa shape index (κ1) is 24.6. The molecule has 4 N–H and O–H groups in total. The van der Waals surface area contributed by atoms with E-state index in [4.69, 9.17) is 10.2 Å². The summed E-state index contributed by atoms with van der Waals surface area (Å²) >= 11 is 0. The van der Waals surface area contributed by atoms with Crippen molar-refractivity contribution in [1.82, 2.24) is 10.6 Å². The standard InChI is InChI=1S/C16H28N2O6S2/c1-9(2)5-13(19)17-11(15(21)22)7-25-26-8-12(16(23)24)18-14(20)6-10(3)4/h9-12H,5-8H2,1-4H3,(H,17,19)(H,18,20)(H,21,22)(H,23,24)/t11-,12+. The summed E-state index contributed by atoms with van der Waals surface area (Å²) < 4.78 is 0. The van der Waals surface area contributed by atoms with Gasteiger partial charge in [-0.25, -0.2) is 9.59 Å². The predicted molar refractivity (Wildman–Crippen MR) is 103 cm³/mol. The van der Waals surface area contributed by atoms with Crippen LogP contribution in [0.5, 0.6) is 0 Å². The van der Waals surface area contributed by atoms with Crippen LogP contribution in [0.3, 0.4) is 0 Å². The Balaban J connectivity index is 4.38. The van der Waals surface area contributed by atoms with Gasteiger partial charge in [-0.3, -0.25) is 9.59 Å². The van der Waals surface area contributed by atoms with E-state index in [0.29, 0.717) is 0 Å². The van der Waals surface area contributed by atoms with E-state index in [9.17, 15) is 19.2 Å². The molecule has 0 rings (SSSR count). The lowest BCUT2D eigenvalue weighted by molar-refractivity contribution is -0.141. The van der Waals surface area contributed by atoms with E-state index in [2.05, 4.69) is 10.6 Å². The Kier molecular flexibility index (Phi) is 12.2. The minimum atomic E-state index is -1.14. The molecule has 26 heavy (non-hydrogen) atoms. The van der Waals surface area contributed by atoms with E-state index in [1.54, 1.807) is 0 Å². The largest absolute Gasteiger partial charge is 0.480 e. The molecule has 0 spiro atoms. The molecule has 0 aromatic carbocycles. The third-order valence-electron chi connectivity index (χ3n) is 3.01. The Morgan fingerprint density at radius 3 is 1.27 bits per heavy atom. The average Bonchev–Trinajstić information content (AvgIpc) is 2.46. The number of carbonyl (C=O) groups is 4. The molecule has 0 aliphatic rings. The van der Waals surface area contributed by atoms with Crippen molar-refractivity contribution in [2.24, 2.45) is 11.8 Å². The summed E-state index contributed by atoms with van der Waals surface area (Å²) in [7, 11) is 2.29. The predicted octanol–water partition coefficient (Wildman–Crippen LogP) is 1.60. The topological polar surface area (TPSA) is 133 Å². The number of amides is 2. The summed E-state index contributed by atoms with van der Waals surface area (Å²) in [6.07, 6.45) is 0.481. The van der Waals surface area contributed by atoms with Gasteiger partial charge in [0.1, 0.15) is 12.1 Å². The molecule has 10 heteroatoms. The van der Waals surface area contributed by atoms with Crippen LogP contribution in [0.4, 0.5) is 0 Å². The molecule has 0 heterocycles. The number of aliphatic carboxylic acids is 2. The second-order valence-corrected chi connectivity index (χ2v) is 9.23. The maximum absolute atomic E-state index is 11.7.